The molecule has 3 aliphatic heterocycles. The molecule has 1 aromatic heterocycles. The lowest BCUT2D eigenvalue weighted by Crippen LogP contribution is -2.45. The molecule has 0 spiro atoms. The van der Waals surface area contributed by atoms with E-state index in [4.69, 9.17) is 10.4 Å². The van der Waals surface area contributed by atoms with Gasteiger partial charge in [-0.2, -0.15) is 5.26 Å². The van der Waals surface area contributed by atoms with Crippen LogP contribution < -0.4 is 25.8 Å². The van der Waals surface area contributed by atoms with E-state index in [0.29, 0.717) is 18.2 Å². The molecule has 0 aliphatic carbocycles. The number of pyridine rings is 1. The molecule has 0 radical (unpaired) electrons. The van der Waals surface area contributed by atoms with Crippen molar-refractivity contribution in [3.8, 4) is 6.07 Å². The minimum absolute atomic E-state index is 0.312. The minimum Gasteiger partial charge on any atom is -0.368 e. The molecule has 0 atom stereocenters. The van der Waals surface area contributed by atoms with Crippen molar-refractivity contribution in [2.75, 3.05) is 60.9 Å². The Morgan fingerprint density at radius 1 is 1.00 bits per heavy atom. The lowest BCUT2D eigenvalue weighted by Gasteiger charge is -2.37. The first kappa shape index (κ1) is 27.6. The molecule has 0 unspecified atom stereocenters. The van der Waals surface area contributed by atoms with Gasteiger partial charge in [-0.1, -0.05) is 36.4 Å². The molecule has 4 heterocycles. The van der Waals surface area contributed by atoms with Crippen molar-refractivity contribution in [2.24, 2.45) is 0 Å². The second-order valence-electron chi connectivity index (χ2n) is 10.9. The Morgan fingerprint density at radius 2 is 1.78 bits per heavy atom. The first-order chi connectivity index (χ1) is 20.2. The molecule has 4 N–H and O–H groups in total. The molecule has 9 heteroatoms. The summed E-state index contributed by atoms with van der Waals surface area (Å²) in [6.45, 7) is 7.06. The average molecular weight is 567 g/mol. The van der Waals surface area contributed by atoms with E-state index in [1.807, 2.05) is 6.07 Å². The van der Waals surface area contributed by atoms with Gasteiger partial charge in [-0.15, -0.1) is 11.8 Å². The number of piperazine rings is 1. The van der Waals surface area contributed by atoms with Crippen LogP contribution in [0.25, 0.3) is 0 Å². The van der Waals surface area contributed by atoms with Crippen LogP contribution in [0.3, 0.4) is 0 Å². The lowest BCUT2D eigenvalue weighted by molar-refractivity contribution is 0.478. The van der Waals surface area contributed by atoms with E-state index in [0.717, 1.165) is 104 Å². The number of fused-ring (bicyclic) bond motifs is 1. The number of piperidine rings is 1. The highest BCUT2D eigenvalue weighted by Crippen LogP contribution is 2.39. The second-order valence-corrected chi connectivity index (χ2v) is 11.9. The lowest BCUT2D eigenvalue weighted by atomic mass is 9.96. The largest absolute Gasteiger partial charge is 0.368 e. The van der Waals surface area contributed by atoms with Crippen molar-refractivity contribution < 1.29 is 0 Å². The maximum absolute atomic E-state index is 10.4. The zero-order chi connectivity index (χ0) is 28.0. The van der Waals surface area contributed by atoms with Crippen LogP contribution in [0.4, 0.5) is 17.2 Å². The van der Waals surface area contributed by atoms with Crippen molar-refractivity contribution in [3.63, 3.8) is 0 Å². The number of nitrogens with one attached hydrogen (secondary N) is 4. The predicted octanol–water partition coefficient (Wildman–Crippen LogP) is 4.38. The molecule has 3 aliphatic rings. The Labute approximate surface area is 247 Å². The number of rotatable bonds is 8. The van der Waals surface area contributed by atoms with Gasteiger partial charge in [-0.05, 0) is 50.0 Å². The molecule has 0 amide bonds. The Morgan fingerprint density at radius 3 is 2.54 bits per heavy atom. The highest BCUT2D eigenvalue weighted by atomic mass is 32.2. The summed E-state index contributed by atoms with van der Waals surface area (Å²) in [6, 6.07) is 19.7. The van der Waals surface area contributed by atoms with Gasteiger partial charge in [0.2, 0.25) is 0 Å². The van der Waals surface area contributed by atoms with Crippen molar-refractivity contribution in [1.82, 2.24) is 15.6 Å². The van der Waals surface area contributed by atoms with Gasteiger partial charge in [0.1, 0.15) is 17.5 Å². The Hall–Kier alpha value is -3.58. The fraction of sp³-hybridized carbons (Fsp3) is 0.406. The molecule has 41 heavy (non-hydrogen) atoms. The molecule has 2 saturated heterocycles. The second kappa shape index (κ2) is 12.9. The third kappa shape index (κ3) is 6.05. The van der Waals surface area contributed by atoms with E-state index in [-0.39, 0.29) is 0 Å². The van der Waals surface area contributed by atoms with Gasteiger partial charge in [-0.3, -0.25) is 0 Å². The number of hydrogen-bond donors (Lipinski definition) is 4. The van der Waals surface area contributed by atoms with Gasteiger partial charge in [0, 0.05) is 72.4 Å². The van der Waals surface area contributed by atoms with E-state index in [1.165, 1.54) is 17.3 Å². The average Bonchev–Trinajstić information content (AvgIpc) is 3.04. The zero-order valence-corrected chi connectivity index (χ0v) is 24.3. The monoisotopic (exact) mass is 566 g/mol. The SMILES string of the molecule is N#Cc1c(NC2CCNCC2)nc2c(c1N1CCNCC1)CCN(c1cccc(SCc3ccccc3)c1C=N)C2. The fourth-order valence-corrected chi connectivity index (χ4v) is 7.19. The van der Waals surface area contributed by atoms with Crippen LogP contribution in [-0.4, -0.2) is 63.1 Å². The third-order valence-corrected chi connectivity index (χ3v) is 9.46. The summed E-state index contributed by atoms with van der Waals surface area (Å²) in [5, 5.41) is 29.3. The standard InChI is InChI=1S/C32H38N8S/c33-19-26-29(7-4-8-30(26)41-22-23-5-2-1-3-6-23)40-16-11-25-28(21-40)38-32(37-24-9-12-35-13-10-24)27(20-34)31(25)39-17-14-36-15-18-39/h1-8,19,24,33,35-36H,9-18,21-22H2,(H,37,38). The van der Waals surface area contributed by atoms with E-state index < -0.39 is 0 Å². The maximum atomic E-state index is 10.4. The van der Waals surface area contributed by atoms with Gasteiger partial charge < -0.3 is 31.2 Å². The molecule has 0 bridgehead atoms. The summed E-state index contributed by atoms with van der Waals surface area (Å²) in [4.78, 5) is 11.0. The van der Waals surface area contributed by atoms with E-state index in [2.05, 4.69) is 74.3 Å². The van der Waals surface area contributed by atoms with Crippen LogP contribution in [0.5, 0.6) is 0 Å². The number of benzene rings is 2. The highest BCUT2D eigenvalue weighted by Gasteiger charge is 2.30. The normalized spacial score (nSPS) is 17.5. The molecular formula is C32H38N8S. The summed E-state index contributed by atoms with van der Waals surface area (Å²) in [5.41, 5.74) is 7.33. The molecule has 212 valence electrons. The first-order valence-electron chi connectivity index (χ1n) is 14.7. The van der Waals surface area contributed by atoms with Crippen LogP contribution in [0.2, 0.25) is 0 Å². The molecule has 6 rings (SSSR count). The summed E-state index contributed by atoms with van der Waals surface area (Å²) < 4.78 is 0. The number of hydrogen-bond acceptors (Lipinski definition) is 9. The quantitative estimate of drug-likeness (QED) is 0.235. The van der Waals surface area contributed by atoms with Crippen molar-refractivity contribution in [3.05, 3.63) is 76.5 Å². The molecule has 2 fully saturated rings. The first-order valence-corrected chi connectivity index (χ1v) is 15.7. The van der Waals surface area contributed by atoms with Crippen LogP contribution >= 0.6 is 11.8 Å². The molecule has 3 aromatic rings. The Balaban J connectivity index is 1.33. The van der Waals surface area contributed by atoms with E-state index >= 15 is 0 Å². The molecular weight excluding hydrogens is 528 g/mol. The Bertz CT molecular complexity index is 1410. The predicted molar refractivity (Wildman–Crippen MR) is 169 cm³/mol. The topological polar surface area (TPSA) is 103 Å². The Kier molecular flexibility index (Phi) is 8.71. The summed E-state index contributed by atoms with van der Waals surface area (Å²) in [7, 11) is 0. The molecule has 8 nitrogen and oxygen atoms in total. The molecule has 0 saturated carbocycles. The van der Waals surface area contributed by atoms with E-state index in [9.17, 15) is 5.26 Å². The summed E-state index contributed by atoms with van der Waals surface area (Å²) in [6.07, 6.45) is 4.37. The van der Waals surface area contributed by atoms with Crippen LogP contribution in [0.15, 0.2) is 53.4 Å². The summed E-state index contributed by atoms with van der Waals surface area (Å²) >= 11 is 1.78. The smallest absolute Gasteiger partial charge is 0.146 e. The van der Waals surface area contributed by atoms with E-state index in [1.54, 1.807) is 11.8 Å². The van der Waals surface area contributed by atoms with Gasteiger partial charge in [-0.25, -0.2) is 4.98 Å². The van der Waals surface area contributed by atoms with Crippen molar-refractivity contribution in [1.29, 1.82) is 10.7 Å². The van der Waals surface area contributed by atoms with Crippen LogP contribution in [0.1, 0.15) is 40.8 Å². The summed E-state index contributed by atoms with van der Waals surface area (Å²) in [5.74, 6) is 1.60. The zero-order valence-electron chi connectivity index (χ0n) is 23.5. The number of aromatic nitrogens is 1. The van der Waals surface area contributed by atoms with Crippen molar-refractivity contribution in [2.45, 2.75) is 42.5 Å². The van der Waals surface area contributed by atoms with Crippen LogP contribution in [0, 0.1) is 16.7 Å². The third-order valence-electron chi connectivity index (χ3n) is 8.32. The number of anilines is 3. The van der Waals surface area contributed by atoms with Gasteiger partial charge in [0.15, 0.2) is 0 Å². The van der Waals surface area contributed by atoms with Gasteiger partial charge in [0.25, 0.3) is 0 Å². The highest BCUT2D eigenvalue weighted by molar-refractivity contribution is 7.98. The van der Waals surface area contributed by atoms with Crippen LogP contribution in [-0.2, 0) is 18.7 Å². The van der Waals surface area contributed by atoms with Crippen molar-refractivity contribution >= 4 is 35.2 Å². The van der Waals surface area contributed by atoms with Gasteiger partial charge in [0.05, 0.1) is 17.9 Å². The fourth-order valence-electron chi connectivity index (χ4n) is 6.19. The number of thioether (sulfide) groups is 1. The minimum atomic E-state index is 0.312. The number of nitrogens with zero attached hydrogens (tertiary/aromatic N) is 4. The van der Waals surface area contributed by atoms with Gasteiger partial charge >= 0.3 is 0 Å². The molecule has 2 aromatic carbocycles. The maximum Gasteiger partial charge on any atom is 0.146 e. The number of nitriles is 1.